The summed E-state index contributed by atoms with van der Waals surface area (Å²) in [6.45, 7) is 3.42. The molecule has 0 bridgehead atoms. The van der Waals surface area contributed by atoms with Crippen LogP contribution in [0.25, 0.3) is 22.5 Å². The first-order valence-corrected chi connectivity index (χ1v) is 10.7. The number of hydrogen-bond donors (Lipinski definition) is 2. The van der Waals surface area contributed by atoms with E-state index in [9.17, 15) is 18.4 Å². The highest BCUT2D eigenvalue weighted by molar-refractivity contribution is 6.00. The molecule has 2 amide bonds. The van der Waals surface area contributed by atoms with E-state index in [2.05, 4.69) is 16.9 Å². The Bertz CT molecular complexity index is 1380. The number of nitrogens with one attached hydrogen (secondary N) is 1. The van der Waals surface area contributed by atoms with Crippen molar-refractivity contribution in [2.45, 2.75) is 5.92 Å². The Labute approximate surface area is 201 Å². The average Bonchev–Trinajstić information content (AvgIpc) is 2.89. The van der Waals surface area contributed by atoms with Gasteiger partial charge in [-0.25, -0.2) is 4.98 Å². The maximum absolute atomic E-state index is 14.9. The van der Waals surface area contributed by atoms with E-state index in [1.165, 1.54) is 42.5 Å². The highest BCUT2D eigenvalue weighted by atomic mass is 19.3. The van der Waals surface area contributed by atoms with Crippen LogP contribution in [0.5, 0.6) is 0 Å². The Kier molecular flexibility index (Phi) is 6.51. The number of amides is 2. The van der Waals surface area contributed by atoms with Gasteiger partial charge in [-0.15, -0.1) is 0 Å². The van der Waals surface area contributed by atoms with Gasteiger partial charge < -0.3 is 11.1 Å². The van der Waals surface area contributed by atoms with Gasteiger partial charge in [-0.1, -0.05) is 73.3 Å². The van der Waals surface area contributed by atoms with Gasteiger partial charge in [0.15, 0.2) is 0 Å². The average molecular weight is 469 g/mol. The topological polar surface area (TPSA) is 85.1 Å². The first-order chi connectivity index (χ1) is 16.8. The summed E-state index contributed by atoms with van der Waals surface area (Å²) in [4.78, 5) is 28.1. The molecule has 0 unspecified atom stereocenters. The van der Waals surface area contributed by atoms with Crippen LogP contribution in [0.4, 0.5) is 14.5 Å². The molecular formula is C28H21F2N3O2. The van der Waals surface area contributed by atoms with E-state index in [0.717, 1.165) is 5.56 Å². The number of carbonyl (C=O) groups excluding carboxylic acids is 2. The lowest BCUT2D eigenvalue weighted by atomic mass is 9.97. The molecule has 0 aliphatic rings. The summed E-state index contributed by atoms with van der Waals surface area (Å²) in [7, 11) is 0. The number of carbonyl (C=O) groups is 2. The van der Waals surface area contributed by atoms with Crippen LogP contribution in [-0.4, -0.2) is 16.8 Å². The van der Waals surface area contributed by atoms with Gasteiger partial charge in [0, 0.05) is 27.9 Å². The molecule has 7 heteroatoms. The fourth-order valence-electron chi connectivity index (χ4n) is 3.61. The number of pyridine rings is 1. The third-order valence-electron chi connectivity index (χ3n) is 5.45. The first-order valence-electron chi connectivity index (χ1n) is 10.7. The predicted molar refractivity (Wildman–Crippen MR) is 132 cm³/mol. The summed E-state index contributed by atoms with van der Waals surface area (Å²) in [6.07, 6.45) is 1.17. The minimum atomic E-state index is -3.18. The maximum Gasteiger partial charge on any atom is 0.298 e. The molecule has 0 aliphatic carbocycles. The molecule has 35 heavy (non-hydrogen) atoms. The minimum Gasteiger partial charge on any atom is -0.366 e. The third kappa shape index (κ3) is 4.99. The molecular weight excluding hydrogens is 448 g/mol. The fraction of sp³-hybridized carbons (Fsp3) is 0.0357. The number of benzene rings is 3. The van der Waals surface area contributed by atoms with Gasteiger partial charge in [-0.05, 0) is 30.3 Å². The Balaban J connectivity index is 1.69. The standard InChI is InChI=1S/C28H21F2N3O2/c1-2-25(34)32-22-14-10-18(11-15-22)24-17-16-23(27(31)35)26(33-24)19-8-12-21(13-9-19)28(29,30)20-6-4-3-5-7-20/h2-17H,1H2,(H2,31,35)(H,32,34). The second-order valence-corrected chi connectivity index (χ2v) is 7.75. The number of nitrogens with zero attached hydrogens (tertiary/aromatic N) is 1. The number of rotatable bonds is 7. The molecule has 0 radical (unpaired) electrons. The number of aromatic nitrogens is 1. The molecule has 174 valence electrons. The number of primary amides is 1. The Morgan fingerprint density at radius 2 is 1.43 bits per heavy atom. The molecule has 5 nitrogen and oxygen atoms in total. The van der Waals surface area contributed by atoms with Crippen molar-refractivity contribution in [3.8, 4) is 22.5 Å². The Morgan fingerprint density at radius 3 is 2.03 bits per heavy atom. The van der Waals surface area contributed by atoms with Crippen LogP contribution in [0.15, 0.2) is 104 Å². The summed E-state index contributed by atoms with van der Waals surface area (Å²) in [5.41, 5.74) is 8.05. The summed E-state index contributed by atoms with van der Waals surface area (Å²) < 4.78 is 29.9. The SMILES string of the molecule is C=CC(=O)Nc1ccc(-c2ccc(C(N)=O)c(-c3ccc(C(F)(F)c4ccccc4)cc3)n2)cc1. The van der Waals surface area contributed by atoms with E-state index in [-0.39, 0.29) is 28.3 Å². The molecule has 0 saturated heterocycles. The Morgan fingerprint density at radius 1 is 0.829 bits per heavy atom. The lowest BCUT2D eigenvalue weighted by molar-refractivity contribution is -0.111. The molecule has 1 aromatic heterocycles. The second kappa shape index (κ2) is 9.69. The van der Waals surface area contributed by atoms with Gasteiger partial charge in [0.2, 0.25) is 5.91 Å². The summed E-state index contributed by atoms with van der Waals surface area (Å²) in [5, 5.41) is 2.66. The zero-order valence-corrected chi connectivity index (χ0v) is 18.5. The van der Waals surface area contributed by atoms with E-state index < -0.39 is 11.8 Å². The van der Waals surface area contributed by atoms with Crippen molar-refractivity contribution in [1.82, 2.24) is 4.98 Å². The molecule has 0 saturated carbocycles. The van der Waals surface area contributed by atoms with Crippen LogP contribution < -0.4 is 11.1 Å². The molecule has 0 atom stereocenters. The quantitative estimate of drug-likeness (QED) is 0.337. The van der Waals surface area contributed by atoms with Crippen molar-refractivity contribution < 1.29 is 18.4 Å². The second-order valence-electron chi connectivity index (χ2n) is 7.75. The van der Waals surface area contributed by atoms with Crippen LogP contribution in [0.1, 0.15) is 21.5 Å². The third-order valence-corrected chi connectivity index (χ3v) is 5.45. The highest BCUT2D eigenvalue weighted by Gasteiger charge is 2.33. The molecule has 1 heterocycles. The number of halogens is 2. The van der Waals surface area contributed by atoms with Gasteiger partial charge in [-0.3, -0.25) is 9.59 Å². The van der Waals surface area contributed by atoms with Crippen LogP contribution in [0.3, 0.4) is 0 Å². The van der Waals surface area contributed by atoms with Gasteiger partial charge in [-0.2, -0.15) is 8.78 Å². The molecule has 0 fully saturated rings. The number of anilines is 1. The van der Waals surface area contributed by atoms with E-state index >= 15 is 0 Å². The zero-order chi connectivity index (χ0) is 25.0. The van der Waals surface area contributed by atoms with Crippen molar-refractivity contribution >= 4 is 17.5 Å². The lowest BCUT2D eigenvalue weighted by Crippen LogP contribution is -2.15. The number of nitrogens with two attached hydrogens (primary N) is 1. The minimum absolute atomic E-state index is 0.113. The van der Waals surface area contributed by atoms with Gasteiger partial charge in [0.25, 0.3) is 11.8 Å². The highest BCUT2D eigenvalue weighted by Crippen LogP contribution is 2.36. The first kappa shape index (κ1) is 23.5. The van der Waals surface area contributed by atoms with Crippen molar-refractivity contribution in [3.05, 3.63) is 120 Å². The number of alkyl halides is 2. The largest absolute Gasteiger partial charge is 0.366 e. The molecule has 0 aliphatic heterocycles. The van der Waals surface area contributed by atoms with Crippen LogP contribution in [-0.2, 0) is 10.7 Å². The van der Waals surface area contributed by atoms with E-state index in [1.807, 2.05) is 0 Å². The maximum atomic E-state index is 14.9. The van der Waals surface area contributed by atoms with Gasteiger partial charge in [0.05, 0.1) is 17.0 Å². The Hall–Kier alpha value is -4.65. The lowest BCUT2D eigenvalue weighted by Gasteiger charge is -2.18. The summed E-state index contributed by atoms with van der Waals surface area (Å²) in [5.74, 6) is -4.19. The van der Waals surface area contributed by atoms with Crippen LogP contribution in [0.2, 0.25) is 0 Å². The summed E-state index contributed by atoms with van der Waals surface area (Å²) >= 11 is 0. The molecule has 0 spiro atoms. The summed E-state index contributed by atoms with van der Waals surface area (Å²) in [6, 6.07) is 23.3. The molecule has 4 rings (SSSR count). The predicted octanol–water partition coefficient (Wildman–Crippen LogP) is 5.78. The van der Waals surface area contributed by atoms with Gasteiger partial charge >= 0.3 is 0 Å². The van der Waals surface area contributed by atoms with Crippen molar-refractivity contribution in [3.63, 3.8) is 0 Å². The van der Waals surface area contributed by atoms with Crippen molar-refractivity contribution in [2.75, 3.05) is 5.32 Å². The van der Waals surface area contributed by atoms with Crippen molar-refractivity contribution in [2.24, 2.45) is 5.73 Å². The molecule has 3 aromatic carbocycles. The van der Waals surface area contributed by atoms with Crippen LogP contribution in [0, 0.1) is 0 Å². The monoisotopic (exact) mass is 469 g/mol. The van der Waals surface area contributed by atoms with E-state index in [4.69, 9.17) is 5.73 Å². The molecule has 4 aromatic rings. The van der Waals surface area contributed by atoms with Gasteiger partial charge in [0.1, 0.15) is 0 Å². The normalized spacial score (nSPS) is 11.0. The number of hydrogen-bond acceptors (Lipinski definition) is 3. The fourth-order valence-corrected chi connectivity index (χ4v) is 3.61. The van der Waals surface area contributed by atoms with E-state index in [0.29, 0.717) is 16.9 Å². The zero-order valence-electron chi connectivity index (χ0n) is 18.5. The smallest absolute Gasteiger partial charge is 0.298 e. The van der Waals surface area contributed by atoms with E-state index in [1.54, 1.807) is 54.6 Å². The van der Waals surface area contributed by atoms with Crippen LogP contribution >= 0.6 is 0 Å². The van der Waals surface area contributed by atoms with Crippen molar-refractivity contribution in [1.29, 1.82) is 0 Å². The molecule has 3 N–H and O–H groups in total.